The molecular formula is C14H20N6. The fourth-order valence-corrected chi connectivity index (χ4v) is 2.17. The van der Waals surface area contributed by atoms with Crippen LogP contribution in [0, 0.1) is 0 Å². The van der Waals surface area contributed by atoms with Crippen LogP contribution in [0.15, 0.2) is 6.07 Å². The van der Waals surface area contributed by atoms with Gasteiger partial charge in [-0.05, 0) is 12.8 Å². The summed E-state index contributed by atoms with van der Waals surface area (Å²) in [4.78, 5) is 13.8. The zero-order chi connectivity index (χ0) is 14.1. The van der Waals surface area contributed by atoms with E-state index < -0.39 is 0 Å². The van der Waals surface area contributed by atoms with Gasteiger partial charge in [0.2, 0.25) is 0 Å². The predicted molar refractivity (Wildman–Crippen MR) is 77.2 cm³/mol. The number of hydrogen-bond acceptors (Lipinski definition) is 5. The lowest BCUT2D eigenvalue weighted by Gasteiger charge is -2.08. The van der Waals surface area contributed by atoms with Gasteiger partial charge in [0.15, 0.2) is 11.6 Å². The van der Waals surface area contributed by atoms with Gasteiger partial charge in [0.25, 0.3) is 0 Å². The van der Waals surface area contributed by atoms with E-state index in [1.165, 1.54) is 12.8 Å². The summed E-state index contributed by atoms with van der Waals surface area (Å²) in [5.74, 6) is 4.90. The zero-order valence-corrected chi connectivity index (χ0v) is 12.2. The number of nitrogens with zero attached hydrogens (tertiary/aromatic N) is 5. The summed E-state index contributed by atoms with van der Waals surface area (Å²) in [7, 11) is 1.88. The van der Waals surface area contributed by atoms with Crippen LogP contribution in [-0.2, 0) is 12.8 Å². The molecule has 0 aliphatic heterocycles. The highest BCUT2D eigenvalue weighted by Gasteiger charge is 2.27. The molecule has 1 fully saturated rings. The molecule has 1 aliphatic rings. The van der Waals surface area contributed by atoms with Crippen LogP contribution >= 0.6 is 0 Å². The number of anilines is 1. The molecule has 0 spiro atoms. The van der Waals surface area contributed by atoms with Crippen molar-refractivity contribution in [3.63, 3.8) is 0 Å². The number of rotatable bonds is 5. The Morgan fingerprint density at radius 2 is 2.00 bits per heavy atom. The van der Waals surface area contributed by atoms with E-state index >= 15 is 0 Å². The Labute approximate surface area is 118 Å². The summed E-state index contributed by atoms with van der Waals surface area (Å²) in [5.41, 5.74) is 0. The maximum absolute atomic E-state index is 4.68. The average molecular weight is 272 g/mol. The zero-order valence-electron chi connectivity index (χ0n) is 12.2. The quantitative estimate of drug-likeness (QED) is 0.902. The Kier molecular flexibility index (Phi) is 3.38. The van der Waals surface area contributed by atoms with Crippen molar-refractivity contribution in [2.45, 2.75) is 45.4 Å². The van der Waals surface area contributed by atoms with Crippen LogP contribution in [0.5, 0.6) is 0 Å². The topological polar surface area (TPSA) is 68.5 Å². The molecule has 6 nitrogen and oxygen atoms in total. The normalized spacial score (nSPS) is 14.6. The maximum atomic E-state index is 4.68. The van der Waals surface area contributed by atoms with Gasteiger partial charge >= 0.3 is 0 Å². The van der Waals surface area contributed by atoms with Gasteiger partial charge in [-0.2, -0.15) is 4.68 Å². The summed E-state index contributed by atoms with van der Waals surface area (Å²) >= 11 is 0. The Bertz CT molecular complexity index is 614. The fourth-order valence-electron chi connectivity index (χ4n) is 2.17. The maximum Gasteiger partial charge on any atom is 0.161 e. The second kappa shape index (κ2) is 5.19. The largest absolute Gasteiger partial charge is 0.373 e. The van der Waals surface area contributed by atoms with E-state index in [1.54, 1.807) is 0 Å². The van der Waals surface area contributed by atoms with Crippen molar-refractivity contribution >= 4 is 5.82 Å². The predicted octanol–water partition coefficient (Wildman–Crippen LogP) is 2.10. The first-order chi connectivity index (χ1) is 9.75. The minimum absolute atomic E-state index is 0.515. The number of aryl methyl sites for hydroxylation is 2. The highest BCUT2D eigenvalue weighted by Crippen LogP contribution is 2.38. The van der Waals surface area contributed by atoms with E-state index in [9.17, 15) is 0 Å². The van der Waals surface area contributed by atoms with E-state index in [1.807, 2.05) is 17.8 Å². The Hall–Kier alpha value is -1.98. The van der Waals surface area contributed by atoms with Crippen LogP contribution in [0.3, 0.4) is 0 Å². The van der Waals surface area contributed by atoms with Crippen molar-refractivity contribution in [1.29, 1.82) is 0 Å². The Balaban J connectivity index is 2.08. The van der Waals surface area contributed by atoms with Crippen molar-refractivity contribution in [2.75, 3.05) is 12.4 Å². The molecule has 0 radical (unpaired) electrons. The van der Waals surface area contributed by atoms with Gasteiger partial charge in [-0.15, -0.1) is 5.10 Å². The van der Waals surface area contributed by atoms with Gasteiger partial charge in [-0.3, -0.25) is 0 Å². The van der Waals surface area contributed by atoms with Crippen LogP contribution in [0.4, 0.5) is 5.82 Å². The molecule has 1 aliphatic carbocycles. The lowest BCUT2D eigenvalue weighted by Crippen LogP contribution is -2.09. The molecule has 2 heterocycles. The van der Waals surface area contributed by atoms with Crippen LogP contribution in [0.2, 0.25) is 0 Å². The molecule has 2 aromatic heterocycles. The Morgan fingerprint density at radius 3 is 2.60 bits per heavy atom. The smallest absolute Gasteiger partial charge is 0.161 e. The van der Waals surface area contributed by atoms with Crippen molar-refractivity contribution < 1.29 is 0 Å². The Morgan fingerprint density at radius 1 is 1.20 bits per heavy atom. The summed E-state index contributed by atoms with van der Waals surface area (Å²) in [6.07, 6.45) is 4.04. The molecule has 1 saturated carbocycles. The minimum Gasteiger partial charge on any atom is -0.373 e. The summed E-state index contributed by atoms with van der Waals surface area (Å²) in [5, 5.41) is 7.66. The van der Waals surface area contributed by atoms with Gasteiger partial charge in [0.1, 0.15) is 17.5 Å². The monoisotopic (exact) mass is 272 g/mol. The summed E-state index contributed by atoms with van der Waals surface area (Å²) in [6.45, 7) is 4.15. The van der Waals surface area contributed by atoms with Crippen molar-refractivity contribution in [2.24, 2.45) is 0 Å². The third-order valence-electron chi connectivity index (χ3n) is 3.50. The van der Waals surface area contributed by atoms with E-state index in [0.29, 0.717) is 5.92 Å². The second-order valence-corrected chi connectivity index (χ2v) is 5.06. The first-order valence-electron chi connectivity index (χ1n) is 7.27. The van der Waals surface area contributed by atoms with Gasteiger partial charge in [0.05, 0.1) is 0 Å². The third kappa shape index (κ3) is 2.37. The molecule has 0 bridgehead atoms. The van der Waals surface area contributed by atoms with Crippen LogP contribution in [0.1, 0.15) is 50.1 Å². The molecule has 0 unspecified atom stereocenters. The third-order valence-corrected chi connectivity index (χ3v) is 3.50. The van der Waals surface area contributed by atoms with E-state index in [2.05, 4.69) is 39.2 Å². The molecule has 0 saturated heterocycles. The molecular weight excluding hydrogens is 252 g/mol. The molecule has 3 rings (SSSR count). The van der Waals surface area contributed by atoms with Gasteiger partial charge in [0, 0.05) is 31.9 Å². The van der Waals surface area contributed by atoms with Crippen LogP contribution < -0.4 is 5.32 Å². The van der Waals surface area contributed by atoms with Crippen molar-refractivity contribution in [3.8, 4) is 5.82 Å². The van der Waals surface area contributed by atoms with E-state index in [4.69, 9.17) is 0 Å². The lowest BCUT2D eigenvalue weighted by molar-refractivity contribution is 0.753. The lowest BCUT2D eigenvalue weighted by atomic mass is 10.3. The molecule has 0 aromatic carbocycles. The molecule has 0 amide bonds. The van der Waals surface area contributed by atoms with E-state index in [-0.39, 0.29) is 0 Å². The number of nitrogens with one attached hydrogen (secondary N) is 1. The molecule has 0 atom stereocenters. The molecule has 6 heteroatoms. The second-order valence-electron chi connectivity index (χ2n) is 5.06. The molecule has 106 valence electrons. The SMILES string of the molecule is CCc1nc(CC)n(-c2cc(NC)nc(C3CC3)n2)n1. The van der Waals surface area contributed by atoms with Gasteiger partial charge in [-0.25, -0.2) is 15.0 Å². The molecule has 1 N–H and O–H groups in total. The highest BCUT2D eigenvalue weighted by molar-refractivity contribution is 5.42. The standard InChI is InChI=1S/C14H20N6/c1-4-10-16-12(5-2)20(19-10)13-8-11(15-3)17-14(18-13)9-6-7-9/h8-9H,4-7H2,1-3H3,(H,15,17,18). The minimum atomic E-state index is 0.515. The summed E-state index contributed by atoms with van der Waals surface area (Å²) in [6, 6.07) is 1.93. The molecule has 2 aromatic rings. The van der Waals surface area contributed by atoms with E-state index in [0.717, 1.165) is 42.0 Å². The highest BCUT2D eigenvalue weighted by atomic mass is 15.4. The fraction of sp³-hybridized carbons (Fsp3) is 0.571. The molecule has 20 heavy (non-hydrogen) atoms. The first kappa shape index (κ1) is 13.0. The average Bonchev–Trinajstić information content (AvgIpc) is 3.25. The van der Waals surface area contributed by atoms with Gasteiger partial charge < -0.3 is 5.32 Å². The van der Waals surface area contributed by atoms with Crippen LogP contribution in [0.25, 0.3) is 5.82 Å². The summed E-state index contributed by atoms with van der Waals surface area (Å²) < 4.78 is 1.85. The van der Waals surface area contributed by atoms with Crippen molar-refractivity contribution in [3.05, 3.63) is 23.5 Å². The van der Waals surface area contributed by atoms with Crippen molar-refractivity contribution in [1.82, 2.24) is 24.7 Å². The first-order valence-corrected chi connectivity index (χ1v) is 7.27. The van der Waals surface area contributed by atoms with Gasteiger partial charge in [-0.1, -0.05) is 13.8 Å². The van der Waals surface area contributed by atoms with Crippen LogP contribution in [-0.4, -0.2) is 31.8 Å². The number of hydrogen-bond donors (Lipinski definition) is 1. The number of aromatic nitrogens is 5.